The van der Waals surface area contributed by atoms with E-state index >= 15 is 0 Å². The van der Waals surface area contributed by atoms with Crippen molar-refractivity contribution in [1.29, 1.82) is 5.26 Å². The second-order valence-corrected chi connectivity index (χ2v) is 9.66. The number of aromatic amines is 1. The summed E-state index contributed by atoms with van der Waals surface area (Å²) in [6.45, 7) is 3.87. The van der Waals surface area contributed by atoms with E-state index in [4.69, 9.17) is 0 Å². The Balaban J connectivity index is 1.45. The molecule has 0 radical (unpaired) electrons. The number of nitrogens with one attached hydrogen (secondary N) is 4. The van der Waals surface area contributed by atoms with Crippen LogP contribution in [0.2, 0.25) is 0 Å². The van der Waals surface area contributed by atoms with E-state index in [1.807, 2.05) is 13.8 Å². The molecule has 9 heteroatoms. The predicted octanol–water partition coefficient (Wildman–Crippen LogP) is 2.64. The van der Waals surface area contributed by atoms with Crippen LogP contribution in [-0.2, 0) is 11.2 Å². The Labute approximate surface area is 197 Å². The number of pyridine rings is 1. The molecule has 34 heavy (non-hydrogen) atoms. The van der Waals surface area contributed by atoms with E-state index in [0.29, 0.717) is 5.92 Å². The monoisotopic (exact) mass is 471 g/mol. The highest BCUT2D eigenvalue weighted by molar-refractivity contribution is 5.83. The van der Waals surface area contributed by atoms with Gasteiger partial charge in [-0.15, -0.1) is 0 Å². The summed E-state index contributed by atoms with van der Waals surface area (Å²) in [6, 6.07) is 5.13. The Morgan fingerprint density at radius 1 is 1.24 bits per heavy atom. The van der Waals surface area contributed by atoms with Crippen molar-refractivity contribution < 1.29 is 13.6 Å². The number of nitrogens with zero attached hydrogens (tertiary/aromatic N) is 1. The molecule has 1 aromatic carbocycles. The number of rotatable bonds is 5. The minimum Gasteiger partial charge on any atom is -0.352 e. The van der Waals surface area contributed by atoms with Crippen molar-refractivity contribution in [3.8, 4) is 6.07 Å². The number of amides is 1. The van der Waals surface area contributed by atoms with Crippen LogP contribution in [0.15, 0.2) is 23.0 Å². The molecule has 4 unspecified atom stereocenters. The summed E-state index contributed by atoms with van der Waals surface area (Å²) in [5.41, 5.74) is -0.274. The third-order valence-electron chi connectivity index (χ3n) is 7.29. The standard InChI is InChI=1S/C25H31F2N5O2/c1-13-23(32-24(20(12-28)29-13)15-6-4-3-5-7-15)14(2)30-21(33)11-16-10-17-19(31-25(16)34)9-8-18(26)22(17)27/h8-10,13-15,20,23-24,29,32H,3-7,11H2,1-2H3,(H,30,33)(H,31,34)/t13?,14-,20?,23?,24?/m1/s1. The van der Waals surface area contributed by atoms with Gasteiger partial charge in [0, 0.05) is 35.1 Å². The first-order valence-electron chi connectivity index (χ1n) is 12.0. The molecule has 1 saturated carbocycles. The third kappa shape index (κ3) is 4.98. The molecule has 4 rings (SSSR count). The van der Waals surface area contributed by atoms with Gasteiger partial charge in [-0.25, -0.2) is 8.78 Å². The van der Waals surface area contributed by atoms with E-state index in [-0.39, 0.29) is 59.0 Å². The lowest BCUT2D eigenvalue weighted by molar-refractivity contribution is -0.121. The van der Waals surface area contributed by atoms with Gasteiger partial charge >= 0.3 is 0 Å². The first kappa shape index (κ1) is 24.3. The van der Waals surface area contributed by atoms with E-state index in [1.54, 1.807) is 0 Å². The molecule has 0 spiro atoms. The molecule has 1 aliphatic carbocycles. The molecular formula is C25H31F2N5O2. The molecule has 1 amide bonds. The molecule has 2 fully saturated rings. The van der Waals surface area contributed by atoms with Gasteiger partial charge in [0.25, 0.3) is 5.56 Å². The number of carbonyl (C=O) groups is 1. The summed E-state index contributed by atoms with van der Waals surface area (Å²) < 4.78 is 27.8. The number of hydrogen-bond donors (Lipinski definition) is 4. The average molecular weight is 472 g/mol. The molecule has 1 aliphatic heterocycles. The number of fused-ring (bicyclic) bond motifs is 1. The first-order chi connectivity index (χ1) is 16.3. The number of nitriles is 1. The van der Waals surface area contributed by atoms with Crippen LogP contribution < -0.4 is 21.5 Å². The summed E-state index contributed by atoms with van der Waals surface area (Å²) in [7, 11) is 0. The fraction of sp³-hybridized carbons (Fsp3) is 0.560. The van der Waals surface area contributed by atoms with Crippen LogP contribution in [0.3, 0.4) is 0 Å². The highest BCUT2D eigenvalue weighted by atomic mass is 19.2. The SMILES string of the molecule is CC1NC(C#N)C(C2CCCCC2)NC1[C@@H](C)NC(=O)Cc1cc2c(F)c(F)ccc2[nH]c1=O. The normalized spacial score (nSPS) is 26.7. The molecule has 2 heterocycles. The molecule has 5 atom stereocenters. The maximum Gasteiger partial charge on any atom is 0.252 e. The van der Waals surface area contributed by atoms with Crippen LogP contribution >= 0.6 is 0 Å². The van der Waals surface area contributed by atoms with Crippen molar-refractivity contribution in [2.24, 2.45) is 5.92 Å². The Bertz CT molecular complexity index is 1150. The van der Waals surface area contributed by atoms with Crippen LogP contribution in [-0.4, -0.2) is 41.1 Å². The number of piperazine rings is 1. The zero-order valence-corrected chi connectivity index (χ0v) is 19.5. The predicted molar refractivity (Wildman–Crippen MR) is 125 cm³/mol. The van der Waals surface area contributed by atoms with Gasteiger partial charge in [-0.2, -0.15) is 5.26 Å². The molecule has 7 nitrogen and oxygen atoms in total. The number of halogens is 2. The molecule has 2 aliphatic rings. The molecule has 1 saturated heterocycles. The summed E-state index contributed by atoms with van der Waals surface area (Å²) in [4.78, 5) is 27.7. The maximum absolute atomic E-state index is 14.2. The van der Waals surface area contributed by atoms with Crippen LogP contribution in [0.4, 0.5) is 8.78 Å². The second-order valence-electron chi connectivity index (χ2n) is 9.66. The summed E-state index contributed by atoms with van der Waals surface area (Å²) in [5.74, 6) is -2.05. The summed E-state index contributed by atoms with van der Waals surface area (Å²) in [6.07, 6.45) is 5.47. The Morgan fingerprint density at radius 3 is 2.68 bits per heavy atom. The molecular weight excluding hydrogens is 440 g/mol. The van der Waals surface area contributed by atoms with Crippen LogP contribution in [0.25, 0.3) is 10.9 Å². The third-order valence-corrected chi connectivity index (χ3v) is 7.29. The van der Waals surface area contributed by atoms with Crippen molar-refractivity contribution in [1.82, 2.24) is 20.9 Å². The van der Waals surface area contributed by atoms with E-state index in [2.05, 4.69) is 27.0 Å². The topological polar surface area (TPSA) is 110 Å². The lowest BCUT2D eigenvalue weighted by Crippen LogP contribution is -2.70. The molecule has 4 N–H and O–H groups in total. The van der Waals surface area contributed by atoms with Gasteiger partial charge in [-0.05, 0) is 50.8 Å². The van der Waals surface area contributed by atoms with Crippen molar-refractivity contribution in [2.45, 2.75) is 82.6 Å². The van der Waals surface area contributed by atoms with E-state index < -0.39 is 17.2 Å². The van der Waals surface area contributed by atoms with Gasteiger partial charge in [0.05, 0.1) is 18.0 Å². The van der Waals surface area contributed by atoms with E-state index in [0.717, 1.165) is 31.7 Å². The van der Waals surface area contributed by atoms with Crippen molar-refractivity contribution in [3.63, 3.8) is 0 Å². The van der Waals surface area contributed by atoms with Gasteiger partial charge < -0.3 is 15.6 Å². The molecule has 182 valence electrons. The number of aromatic nitrogens is 1. The van der Waals surface area contributed by atoms with Gasteiger partial charge in [0.15, 0.2) is 11.6 Å². The minimum absolute atomic E-state index is 0.00653. The zero-order chi connectivity index (χ0) is 24.4. The summed E-state index contributed by atoms with van der Waals surface area (Å²) >= 11 is 0. The number of hydrogen-bond acceptors (Lipinski definition) is 5. The zero-order valence-electron chi connectivity index (χ0n) is 19.5. The fourth-order valence-electron chi connectivity index (χ4n) is 5.51. The lowest BCUT2D eigenvalue weighted by atomic mass is 9.78. The van der Waals surface area contributed by atoms with Crippen LogP contribution in [0.5, 0.6) is 0 Å². The summed E-state index contributed by atoms with van der Waals surface area (Å²) in [5, 5.41) is 19.6. The number of benzene rings is 1. The maximum atomic E-state index is 14.2. The second kappa shape index (κ2) is 10.2. The first-order valence-corrected chi connectivity index (χ1v) is 12.0. The highest BCUT2D eigenvalue weighted by Gasteiger charge is 2.40. The molecule has 2 aromatic rings. The quantitative estimate of drug-likeness (QED) is 0.536. The Hall–Kier alpha value is -2.83. The lowest BCUT2D eigenvalue weighted by Gasteiger charge is -2.46. The van der Waals surface area contributed by atoms with E-state index in [9.17, 15) is 23.6 Å². The number of H-pyrrole nitrogens is 1. The highest BCUT2D eigenvalue weighted by Crippen LogP contribution is 2.30. The van der Waals surface area contributed by atoms with Gasteiger partial charge in [0.1, 0.15) is 6.04 Å². The molecule has 0 bridgehead atoms. The van der Waals surface area contributed by atoms with Crippen LogP contribution in [0, 0.1) is 28.9 Å². The molecule has 1 aromatic heterocycles. The van der Waals surface area contributed by atoms with Gasteiger partial charge in [0.2, 0.25) is 5.91 Å². The van der Waals surface area contributed by atoms with E-state index in [1.165, 1.54) is 18.6 Å². The smallest absolute Gasteiger partial charge is 0.252 e. The van der Waals surface area contributed by atoms with Crippen molar-refractivity contribution in [2.75, 3.05) is 0 Å². The minimum atomic E-state index is -1.06. The Morgan fingerprint density at radius 2 is 1.97 bits per heavy atom. The van der Waals surface area contributed by atoms with Crippen molar-refractivity contribution in [3.05, 3.63) is 45.8 Å². The van der Waals surface area contributed by atoms with Gasteiger partial charge in [-0.3, -0.25) is 14.9 Å². The largest absolute Gasteiger partial charge is 0.352 e. The average Bonchev–Trinajstić information content (AvgIpc) is 2.82. The number of carbonyl (C=O) groups excluding carboxylic acids is 1. The van der Waals surface area contributed by atoms with Crippen molar-refractivity contribution >= 4 is 16.8 Å². The van der Waals surface area contributed by atoms with Crippen LogP contribution in [0.1, 0.15) is 51.5 Å². The Kier molecular flexibility index (Phi) is 7.29. The van der Waals surface area contributed by atoms with Gasteiger partial charge in [-0.1, -0.05) is 19.3 Å². The fourth-order valence-corrected chi connectivity index (χ4v) is 5.51.